The van der Waals surface area contributed by atoms with E-state index in [1.54, 1.807) is 6.92 Å². The van der Waals surface area contributed by atoms with Crippen molar-refractivity contribution in [2.24, 2.45) is 5.92 Å². The van der Waals surface area contributed by atoms with Crippen LogP contribution in [0.25, 0.3) is 0 Å². The van der Waals surface area contributed by atoms with E-state index in [2.05, 4.69) is 11.8 Å². The Hall–Kier alpha value is -1.35. The number of ether oxygens (including phenoxy) is 1. The third-order valence-corrected chi connectivity index (χ3v) is 3.89. The van der Waals surface area contributed by atoms with E-state index in [0.717, 1.165) is 36.8 Å². The van der Waals surface area contributed by atoms with Crippen molar-refractivity contribution in [1.82, 2.24) is 4.90 Å². The molecular formula is C17H25NO2. The molecule has 0 bridgehead atoms. The molecule has 0 aromatic heterocycles. The summed E-state index contributed by atoms with van der Waals surface area (Å²) in [5, 5.41) is 0. The van der Waals surface area contributed by atoms with Crippen LogP contribution in [0.1, 0.15) is 43.5 Å². The Morgan fingerprint density at radius 2 is 2.10 bits per heavy atom. The van der Waals surface area contributed by atoms with E-state index in [9.17, 15) is 4.79 Å². The molecule has 1 saturated heterocycles. The van der Waals surface area contributed by atoms with Gasteiger partial charge in [-0.15, -0.1) is 0 Å². The van der Waals surface area contributed by atoms with Crippen LogP contribution < -0.4 is 4.74 Å². The summed E-state index contributed by atoms with van der Waals surface area (Å²) in [5.74, 6) is 1.78. The van der Waals surface area contributed by atoms with Crippen LogP contribution in [-0.2, 0) is 0 Å². The topological polar surface area (TPSA) is 29.5 Å². The highest BCUT2D eigenvalue weighted by Crippen LogP contribution is 2.16. The molecule has 0 saturated carbocycles. The summed E-state index contributed by atoms with van der Waals surface area (Å²) in [6.07, 6.45) is 3.76. The second-order valence-electron chi connectivity index (χ2n) is 5.83. The van der Waals surface area contributed by atoms with Crippen molar-refractivity contribution in [3.63, 3.8) is 0 Å². The van der Waals surface area contributed by atoms with E-state index >= 15 is 0 Å². The number of hydrogen-bond acceptors (Lipinski definition) is 3. The maximum Gasteiger partial charge on any atom is 0.159 e. The Labute approximate surface area is 121 Å². The van der Waals surface area contributed by atoms with Gasteiger partial charge in [0.1, 0.15) is 5.75 Å². The molecule has 0 radical (unpaired) electrons. The molecule has 0 amide bonds. The van der Waals surface area contributed by atoms with Gasteiger partial charge in [-0.3, -0.25) is 4.79 Å². The zero-order valence-corrected chi connectivity index (χ0v) is 12.6. The first-order valence-electron chi connectivity index (χ1n) is 7.61. The number of piperidine rings is 1. The van der Waals surface area contributed by atoms with Crippen molar-refractivity contribution >= 4 is 5.78 Å². The molecule has 110 valence electrons. The molecule has 1 aromatic carbocycles. The first-order valence-corrected chi connectivity index (χ1v) is 7.61. The molecule has 1 unspecified atom stereocenters. The predicted molar refractivity (Wildman–Crippen MR) is 81.4 cm³/mol. The fraction of sp³-hybridized carbons (Fsp3) is 0.588. The van der Waals surface area contributed by atoms with E-state index in [-0.39, 0.29) is 5.78 Å². The first-order chi connectivity index (χ1) is 9.65. The van der Waals surface area contributed by atoms with Gasteiger partial charge in [-0.1, -0.05) is 6.92 Å². The normalized spacial score (nSPS) is 19.8. The highest BCUT2D eigenvalue weighted by atomic mass is 16.5. The Morgan fingerprint density at radius 1 is 1.35 bits per heavy atom. The minimum Gasteiger partial charge on any atom is -0.494 e. The number of nitrogens with zero attached hydrogens (tertiary/aromatic N) is 1. The maximum absolute atomic E-state index is 11.2. The molecule has 1 fully saturated rings. The van der Waals surface area contributed by atoms with Crippen molar-refractivity contribution in [2.75, 3.05) is 26.2 Å². The van der Waals surface area contributed by atoms with Crippen molar-refractivity contribution in [1.29, 1.82) is 0 Å². The number of likely N-dealkylation sites (tertiary alicyclic amines) is 1. The lowest BCUT2D eigenvalue weighted by molar-refractivity contribution is 0.101. The molecule has 1 aromatic rings. The fourth-order valence-corrected chi connectivity index (χ4v) is 2.75. The molecule has 0 aliphatic carbocycles. The minimum absolute atomic E-state index is 0.0933. The smallest absolute Gasteiger partial charge is 0.159 e. The number of rotatable bonds is 6. The van der Waals surface area contributed by atoms with Crippen molar-refractivity contribution in [3.8, 4) is 5.75 Å². The van der Waals surface area contributed by atoms with Crippen molar-refractivity contribution < 1.29 is 9.53 Å². The third-order valence-electron chi connectivity index (χ3n) is 3.89. The lowest BCUT2D eigenvalue weighted by atomic mass is 10.0. The van der Waals surface area contributed by atoms with Gasteiger partial charge in [0, 0.05) is 18.7 Å². The molecule has 2 rings (SSSR count). The second-order valence-corrected chi connectivity index (χ2v) is 5.83. The van der Waals surface area contributed by atoms with Crippen LogP contribution in [0.3, 0.4) is 0 Å². The summed E-state index contributed by atoms with van der Waals surface area (Å²) in [6.45, 7) is 8.24. The second kappa shape index (κ2) is 7.44. The van der Waals surface area contributed by atoms with Gasteiger partial charge in [-0.25, -0.2) is 0 Å². The Kier molecular flexibility index (Phi) is 5.60. The number of ketones is 1. The Bertz CT molecular complexity index is 427. The summed E-state index contributed by atoms with van der Waals surface area (Å²) in [7, 11) is 0. The van der Waals surface area contributed by atoms with Gasteiger partial charge in [0.2, 0.25) is 0 Å². The van der Waals surface area contributed by atoms with Crippen LogP contribution in [0.2, 0.25) is 0 Å². The average Bonchev–Trinajstić information content (AvgIpc) is 2.44. The minimum atomic E-state index is 0.0933. The zero-order chi connectivity index (χ0) is 14.4. The number of hydrogen-bond donors (Lipinski definition) is 0. The molecule has 20 heavy (non-hydrogen) atoms. The molecule has 3 nitrogen and oxygen atoms in total. The van der Waals surface area contributed by atoms with Crippen LogP contribution in [0, 0.1) is 5.92 Å². The number of Topliss-reactive ketones (excluding diaryl/α,β-unsaturated/α-hetero) is 1. The van der Waals surface area contributed by atoms with E-state index in [1.807, 2.05) is 24.3 Å². The summed E-state index contributed by atoms with van der Waals surface area (Å²) in [5.41, 5.74) is 0.736. The van der Waals surface area contributed by atoms with Crippen molar-refractivity contribution in [3.05, 3.63) is 29.8 Å². The van der Waals surface area contributed by atoms with Crippen LogP contribution in [0.5, 0.6) is 5.75 Å². The predicted octanol–water partition coefficient (Wildman–Crippen LogP) is 3.39. The van der Waals surface area contributed by atoms with Gasteiger partial charge in [0.05, 0.1) is 6.61 Å². The number of benzene rings is 1. The highest BCUT2D eigenvalue weighted by Gasteiger charge is 2.15. The van der Waals surface area contributed by atoms with E-state index in [4.69, 9.17) is 4.74 Å². The van der Waals surface area contributed by atoms with Crippen LogP contribution in [0.15, 0.2) is 24.3 Å². The third kappa shape index (κ3) is 4.64. The molecule has 1 aliphatic heterocycles. The molecular weight excluding hydrogens is 250 g/mol. The lowest BCUT2D eigenvalue weighted by Crippen LogP contribution is -2.35. The Balaban J connectivity index is 1.66. The van der Waals surface area contributed by atoms with Gasteiger partial charge >= 0.3 is 0 Å². The summed E-state index contributed by atoms with van der Waals surface area (Å²) >= 11 is 0. The molecule has 1 heterocycles. The van der Waals surface area contributed by atoms with Gasteiger partial charge in [0.25, 0.3) is 0 Å². The van der Waals surface area contributed by atoms with E-state index in [0.29, 0.717) is 0 Å². The molecule has 1 aliphatic rings. The SMILES string of the molecule is CC(=O)c1ccc(OCCCN2CCCC(C)C2)cc1. The number of carbonyl (C=O) groups is 1. The standard InChI is InChI=1S/C17H25NO2/c1-14-5-3-10-18(13-14)11-4-12-20-17-8-6-16(7-9-17)15(2)19/h6-9,14H,3-5,10-13H2,1-2H3. The van der Waals surface area contributed by atoms with E-state index < -0.39 is 0 Å². The van der Waals surface area contributed by atoms with Gasteiger partial charge in [-0.2, -0.15) is 0 Å². The molecule has 1 atom stereocenters. The summed E-state index contributed by atoms with van der Waals surface area (Å²) in [6, 6.07) is 7.40. The van der Waals surface area contributed by atoms with Gasteiger partial charge in [0.15, 0.2) is 5.78 Å². The fourth-order valence-electron chi connectivity index (χ4n) is 2.75. The van der Waals surface area contributed by atoms with Crippen LogP contribution in [0.4, 0.5) is 0 Å². The largest absolute Gasteiger partial charge is 0.494 e. The molecule has 3 heteroatoms. The summed E-state index contributed by atoms with van der Waals surface area (Å²) in [4.78, 5) is 13.7. The van der Waals surface area contributed by atoms with Gasteiger partial charge < -0.3 is 9.64 Å². The van der Waals surface area contributed by atoms with Crippen LogP contribution in [-0.4, -0.2) is 36.9 Å². The Morgan fingerprint density at radius 3 is 2.75 bits per heavy atom. The molecule has 0 N–H and O–H groups in total. The van der Waals surface area contributed by atoms with Gasteiger partial charge in [-0.05, 0) is 62.9 Å². The first kappa shape index (κ1) is 15.0. The number of carbonyl (C=O) groups excluding carboxylic acids is 1. The summed E-state index contributed by atoms with van der Waals surface area (Å²) < 4.78 is 5.72. The average molecular weight is 275 g/mol. The quantitative estimate of drug-likeness (QED) is 0.589. The van der Waals surface area contributed by atoms with Crippen LogP contribution >= 0.6 is 0 Å². The highest BCUT2D eigenvalue weighted by molar-refractivity contribution is 5.94. The lowest BCUT2D eigenvalue weighted by Gasteiger charge is -2.30. The zero-order valence-electron chi connectivity index (χ0n) is 12.6. The molecule has 0 spiro atoms. The van der Waals surface area contributed by atoms with Crippen molar-refractivity contribution in [2.45, 2.75) is 33.1 Å². The maximum atomic E-state index is 11.2. The monoisotopic (exact) mass is 275 g/mol. The van der Waals surface area contributed by atoms with E-state index in [1.165, 1.54) is 25.9 Å².